The smallest absolute Gasteiger partial charge is 0.142 e. The van der Waals surface area contributed by atoms with Crippen molar-refractivity contribution in [2.24, 2.45) is 34.0 Å². The predicted molar refractivity (Wildman–Crippen MR) is 92.6 cm³/mol. The van der Waals surface area contributed by atoms with Gasteiger partial charge in [-0.05, 0) is 67.6 Å². The number of carbonyl (C=O) groups is 1. The van der Waals surface area contributed by atoms with Crippen LogP contribution in [0.2, 0.25) is 0 Å². The van der Waals surface area contributed by atoms with Crippen molar-refractivity contribution in [2.75, 3.05) is 0 Å². The number of rotatable bonds is 2. The second kappa shape index (κ2) is 5.21. The summed E-state index contributed by atoms with van der Waals surface area (Å²) >= 11 is 0. The standard InChI is InChI=1S/C21H34O/c1-6-11-20(4)14-10-16-15(18(20)22)8-9-17-19(2,3)12-7-13-21(16,17)5/h6,15-17H,1,7-14H2,2-5H3/t15-,16+,17+,20-,21-/m1/s1. The van der Waals surface area contributed by atoms with E-state index in [0.29, 0.717) is 28.4 Å². The number of Topliss-reactive ketones (excluding diaryl/α,β-unsaturated/α-hetero) is 1. The van der Waals surface area contributed by atoms with Crippen LogP contribution in [0, 0.1) is 34.0 Å². The van der Waals surface area contributed by atoms with E-state index in [1.165, 1.54) is 32.1 Å². The van der Waals surface area contributed by atoms with Gasteiger partial charge in [-0.25, -0.2) is 0 Å². The summed E-state index contributed by atoms with van der Waals surface area (Å²) in [6, 6.07) is 0. The molecule has 3 aliphatic rings. The highest BCUT2D eigenvalue weighted by atomic mass is 16.1. The molecule has 5 atom stereocenters. The van der Waals surface area contributed by atoms with Gasteiger partial charge in [-0.3, -0.25) is 4.79 Å². The van der Waals surface area contributed by atoms with Crippen LogP contribution in [0.1, 0.15) is 79.1 Å². The van der Waals surface area contributed by atoms with Crippen LogP contribution in [0.3, 0.4) is 0 Å². The fourth-order valence-corrected chi connectivity index (χ4v) is 6.75. The molecule has 1 heteroatoms. The van der Waals surface area contributed by atoms with Crippen molar-refractivity contribution < 1.29 is 4.79 Å². The molecule has 0 aromatic rings. The molecule has 0 bridgehead atoms. The molecular formula is C21H34O. The number of fused-ring (bicyclic) bond motifs is 3. The summed E-state index contributed by atoms with van der Waals surface area (Å²) in [4.78, 5) is 13.2. The zero-order valence-corrected chi connectivity index (χ0v) is 15.1. The summed E-state index contributed by atoms with van der Waals surface area (Å²) in [5.41, 5.74) is 0.731. The lowest BCUT2D eigenvalue weighted by Gasteiger charge is -2.61. The molecule has 3 fully saturated rings. The summed E-state index contributed by atoms with van der Waals surface area (Å²) in [7, 11) is 0. The van der Waals surface area contributed by atoms with Crippen LogP contribution in [-0.4, -0.2) is 5.78 Å². The van der Waals surface area contributed by atoms with Crippen molar-refractivity contribution in [2.45, 2.75) is 79.1 Å². The minimum Gasteiger partial charge on any atom is -0.299 e. The molecule has 0 aromatic carbocycles. The van der Waals surface area contributed by atoms with Gasteiger partial charge in [0, 0.05) is 11.3 Å². The van der Waals surface area contributed by atoms with Gasteiger partial charge in [0.2, 0.25) is 0 Å². The molecule has 0 amide bonds. The lowest BCUT2D eigenvalue weighted by Crippen LogP contribution is -2.56. The third-order valence-corrected chi connectivity index (χ3v) is 7.91. The second-order valence-electron chi connectivity index (χ2n) is 9.65. The zero-order chi connectivity index (χ0) is 16.2. The topological polar surface area (TPSA) is 17.1 Å². The van der Waals surface area contributed by atoms with E-state index >= 15 is 0 Å². The summed E-state index contributed by atoms with van der Waals surface area (Å²) in [6.07, 6.45) is 11.6. The molecule has 0 N–H and O–H groups in total. The Balaban J connectivity index is 1.90. The van der Waals surface area contributed by atoms with E-state index in [0.717, 1.165) is 25.2 Å². The van der Waals surface area contributed by atoms with E-state index in [1.807, 2.05) is 6.08 Å². The first-order chi connectivity index (χ1) is 10.2. The number of allylic oxidation sites excluding steroid dienone is 1. The van der Waals surface area contributed by atoms with Crippen molar-refractivity contribution in [1.29, 1.82) is 0 Å². The molecule has 0 spiro atoms. The fraction of sp³-hybridized carbons (Fsp3) is 0.857. The molecule has 0 aromatic heterocycles. The number of carbonyl (C=O) groups excluding carboxylic acids is 1. The van der Waals surface area contributed by atoms with Gasteiger partial charge in [0.05, 0.1) is 0 Å². The van der Waals surface area contributed by atoms with Crippen LogP contribution in [0.5, 0.6) is 0 Å². The van der Waals surface area contributed by atoms with Gasteiger partial charge < -0.3 is 0 Å². The van der Waals surface area contributed by atoms with E-state index in [4.69, 9.17) is 0 Å². The number of hydrogen-bond donors (Lipinski definition) is 0. The molecule has 1 nitrogen and oxygen atoms in total. The SMILES string of the molecule is C=CC[C@]1(C)CC[C@H]2[C@@H](CC[C@H]3C(C)(C)CCC[C@]23C)C1=O. The molecule has 22 heavy (non-hydrogen) atoms. The molecule has 0 unspecified atom stereocenters. The first-order valence-electron chi connectivity index (χ1n) is 9.40. The third-order valence-electron chi connectivity index (χ3n) is 7.91. The predicted octanol–water partition coefficient (Wildman–Crippen LogP) is 5.79. The van der Waals surface area contributed by atoms with Crippen LogP contribution >= 0.6 is 0 Å². The Hall–Kier alpha value is -0.590. The molecule has 0 heterocycles. The first kappa shape index (κ1) is 16.3. The Morgan fingerprint density at radius 2 is 1.82 bits per heavy atom. The molecule has 0 radical (unpaired) electrons. The van der Waals surface area contributed by atoms with Gasteiger partial charge in [0.1, 0.15) is 5.78 Å². The zero-order valence-electron chi connectivity index (χ0n) is 15.1. The van der Waals surface area contributed by atoms with Crippen molar-refractivity contribution in [3.8, 4) is 0 Å². The summed E-state index contributed by atoms with van der Waals surface area (Å²) in [5, 5.41) is 0. The van der Waals surface area contributed by atoms with Gasteiger partial charge in [0.25, 0.3) is 0 Å². The van der Waals surface area contributed by atoms with E-state index in [9.17, 15) is 4.79 Å². The van der Waals surface area contributed by atoms with Crippen molar-refractivity contribution in [3.05, 3.63) is 12.7 Å². The maximum Gasteiger partial charge on any atom is 0.142 e. The quantitative estimate of drug-likeness (QED) is 0.590. The molecule has 3 rings (SSSR count). The van der Waals surface area contributed by atoms with E-state index in [-0.39, 0.29) is 5.41 Å². The minimum absolute atomic E-state index is 0.129. The second-order valence-corrected chi connectivity index (χ2v) is 9.65. The van der Waals surface area contributed by atoms with E-state index < -0.39 is 0 Å². The van der Waals surface area contributed by atoms with E-state index in [2.05, 4.69) is 34.3 Å². The van der Waals surface area contributed by atoms with E-state index in [1.54, 1.807) is 0 Å². The monoisotopic (exact) mass is 302 g/mol. The Morgan fingerprint density at radius 1 is 1.09 bits per heavy atom. The van der Waals surface area contributed by atoms with Crippen molar-refractivity contribution in [3.63, 3.8) is 0 Å². The highest BCUT2D eigenvalue weighted by Gasteiger charge is 2.58. The molecule has 0 aliphatic heterocycles. The fourth-order valence-electron chi connectivity index (χ4n) is 6.75. The highest BCUT2D eigenvalue weighted by Crippen LogP contribution is 2.64. The van der Waals surface area contributed by atoms with Gasteiger partial charge in [-0.1, -0.05) is 40.2 Å². The van der Waals surface area contributed by atoms with Gasteiger partial charge in [-0.15, -0.1) is 6.58 Å². The average molecular weight is 303 g/mol. The normalized spacial score (nSPS) is 47.5. The number of hydrogen-bond acceptors (Lipinski definition) is 1. The average Bonchev–Trinajstić information content (AvgIpc) is 2.42. The third kappa shape index (κ3) is 2.22. The van der Waals surface area contributed by atoms with Crippen molar-refractivity contribution >= 4 is 5.78 Å². The van der Waals surface area contributed by atoms with Crippen LogP contribution < -0.4 is 0 Å². The largest absolute Gasteiger partial charge is 0.299 e. The highest BCUT2D eigenvalue weighted by molar-refractivity contribution is 5.88. The van der Waals surface area contributed by atoms with Crippen LogP contribution in [0.25, 0.3) is 0 Å². The molecular weight excluding hydrogens is 268 g/mol. The maximum atomic E-state index is 13.2. The lowest BCUT2D eigenvalue weighted by molar-refractivity contribution is -0.158. The first-order valence-corrected chi connectivity index (χ1v) is 9.40. The van der Waals surface area contributed by atoms with Crippen LogP contribution in [-0.2, 0) is 4.79 Å². The Bertz CT molecular complexity index is 476. The summed E-state index contributed by atoms with van der Waals surface area (Å²) < 4.78 is 0. The van der Waals surface area contributed by atoms with Gasteiger partial charge in [0.15, 0.2) is 0 Å². The Morgan fingerprint density at radius 3 is 2.50 bits per heavy atom. The maximum absolute atomic E-state index is 13.2. The molecule has 0 saturated heterocycles. The molecule has 3 aliphatic carbocycles. The minimum atomic E-state index is -0.129. The number of ketones is 1. The van der Waals surface area contributed by atoms with Crippen molar-refractivity contribution in [1.82, 2.24) is 0 Å². The Kier molecular flexibility index (Phi) is 3.86. The molecule has 3 saturated carbocycles. The summed E-state index contributed by atoms with van der Waals surface area (Å²) in [5.74, 6) is 2.34. The Labute approximate surface area is 136 Å². The van der Waals surface area contributed by atoms with Crippen LogP contribution in [0.4, 0.5) is 0 Å². The van der Waals surface area contributed by atoms with Crippen LogP contribution in [0.15, 0.2) is 12.7 Å². The lowest BCUT2D eigenvalue weighted by atomic mass is 9.43. The van der Waals surface area contributed by atoms with Gasteiger partial charge >= 0.3 is 0 Å². The summed E-state index contributed by atoms with van der Waals surface area (Å²) in [6.45, 7) is 13.5. The molecule has 124 valence electrons. The van der Waals surface area contributed by atoms with Gasteiger partial charge in [-0.2, -0.15) is 0 Å².